The molecule has 3 atom stereocenters. The van der Waals surface area contributed by atoms with Crippen LogP contribution in [0.4, 0.5) is 19.5 Å². The summed E-state index contributed by atoms with van der Waals surface area (Å²) in [4.78, 5) is 17.1. The van der Waals surface area contributed by atoms with Gasteiger partial charge in [0.15, 0.2) is 5.69 Å². The fourth-order valence-electron chi connectivity index (χ4n) is 3.86. The Bertz CT molecular complexity index is 1150. The lowest BCUT2D eigenvalue weighted by atomic mass is 10.0. The van der Waals surface area contributed by atoms with Gasteiger partial charge in [-0.15, -0.1) is 0 Å². The van der Waals surface area contributed by atoms with Crippen LogP contribution in [0.15, 0.2) is 24.4 Å². The van der Waals surface area contributed by atoms with E-state index in [2.05, 4.69) is 15.4 Å². The highest BCUT2D eigenvalue weighted by molar-refractivity contribution is 7.19. The molecule has 0 saturated carbocycles. The molecule has 4 rings (SSSR count). The van der Waals surface area contributed by atoms with Gasteiger partial charge in [0.2, 0.25) is 0 Å². The van der Waals surface area contributed by atoms with Crippen molar-refractivity contribution in [3.8, 4) is 10.6 Å². The molecule has 176 valence electrons. The maximum Gasteiger partial charge on any atom is 0.277 e. The number of halogens is 2. The van der Waals surface area contributed by atoms with Gasteiger partial charge in [-0.05, 0) is 18.6 Å². The van der Waals surface area contributed by atoms with Crippen LogP contribution in [-0.4, -0.2) is 46.5 Å². The number of ether oxygens (including phenoxy) is 2. The molecule has 0 radical (unpaired) electrons. The summed E-state index contributed by atoms with van der Waals surface area (Å²) in [5.41, 5.74) is 12.7. The summed E-state index contributed by atoms with van der Waals surface area (Å²) in [6.45, 7) is 0.431. The molecule has 1 aromatic carbocycles. The number of nitrogen functional groups attached to an aromatic ring is 1. The first-order chi connectivity index (χ1) is 15.8. The average Bonchev–Trinajstić information content (AvgIpc) is 3.26. The minimum absolute atomic E-state index is 0.0244. The first-order valence-electron chi connectivity index (χ1n) is 10.2. The van der Waals surface area contributed by atoms with E-state index in [-0.39, 0.29) is 33.4 Å². The van der Waals surface area contributed by atoms with Gasteiger partial charge in [-0.1, -0.05) is 17.4 Å². The Morgan fingerprint density at radius 2 is 2.09 bits per heavy atom. The summed E-state index contributed by atoms with van der Waals surface area (Å²) >= 11 is 0.828. The van der Waals surface area contributed by atoms with E-state index in [4.69, 9.17) is 20.9 Å². The number of nitrogens with one attached hydrogen (secondary N) is 1. The van der Waals surface area contributed by atoms with Gasteiger partial charge in [-0.3, -0.25) is 9.48 Å². The van der Waals surface area contributed by atoms with Gasteiger partial charge >= 0.3 is 0 Å². The van der Waals surface area contributed by atoms with Crippen LogP contribution in [0.2, 0.25) is 0 Å². The van der Waals surface area contributed by atoms with Crippen molar-refractivity contribution < 1.29 is 23.0 Å². The molecular formula is C21H24F2N6O3S. The molecule has 33 heavy (non-hydrogen) atoms. The maximum atomic E-state index is 14.1. The first-order valence-corrected chi connectivity index (χ1v) is 11.1. The molecule has 0 spiro atoms. The highest BCUT2D eigenvalue weighted by Crippen LogP contribution is 2.35. The van der Waals surface area contributed by atoms with E-state index in [1.807, 2.05) is 0 Å². The lowest BCUT2D eigenvalue weighted by molar-refractivity contribution is 0.0200. The van der Waals surface area contributed by atoms with E-state index in [0.29, 0.717) is 30.8 Å². The summed E-state index contributed by atoms with van der Waals surface area (Å²) in [6.07, 6.45) is 1.98. The predicted octanol–water partition coefficient (Wildman–Crippen LogP) is 2.85. The second kappa shape index (κ2) is 9.51. The minimum Gasteiger partial charge on any atom is -0.389 e. The average molecular weight is 479 g/mol. The van der Waals surface area contributed by atoms with Crippen LogP contribution in [-0.2, 0) is 16.5 Å². The third-order valence-electron chi connectivity index (χ3n) is 5.58. The molecule has 1 saturated heterocycles. The third kappa shape index (κ3) is 4.60. The molecule has 5 N–H and O–H groups in total. The molecular weight excluding hydrogens is 454 g/mol. The number of nitrogens with zero attached hydrogens (tertiary/aromatic N) is 3. The molecule has 0 aliphatic carbocycles. The number of carbonyl (C=O) groups excluding carboxylic acids is 1. The SMILES string of the molecule is CO[C@H]1C[C@H](c2c(NC(=O)c3nc(-c4c(F)cccc4F)sc3N)cnn2C)OCC[C@@H]1N. The van der Waals surface area contributed by atoms with E-state index >= 15 is 0 Å². The van der Waals surface area contributed by atoms with Crippen LogP contribution >= 0.6 is 11.3 Å². The highest BCUT2D eigenvalue weighted by atomic mass is 32.1. The molecule has 3 heterocycles. The van der Waals surface area contributed by atoms with E-state index in [0.717, 1.165) is 23.5 Å². The molecule has 9 nitrogen and oxygen atoms in total. The lowest BCUT2D eigenvalue weighted by Crippen LogP contribution is -2.36. The van der Waals surface area contributed by atoms with Gasteiger partial charge in [0.05, 0.1) is 29.2 Å². The van der Waals surface area contributed by atoms with Gasteiger partial charge in [0.1, 0.15) is 27.7 Å². The van der Waals surface area contributed by atoms with Crippen molar-refractivity contribution in [2.45, 2.75) is 31.1 Å². The quantitative estimate of drug-likeness (QED) is 0.514. The van der Waals surface area contributed by atoms with Gasteiger partial charge in [0, 0.05) is 33.2 Å². The largest absolute Gasteiger partial charge is 0.389 e. The van der Waals surface area contributed by atoms with E-state index < -0.39 is 23.6 Å². The van der Waals surface area contributed by atoms with E-state index in [1.54, 1.807) is 18.8 Å². The number of methoxy groups -OCH3 is 1. The number of benzene rings is 1. The summed E-state index contributed by atoms with van der Waals surface area (Å²) in [6, 6.07) is 3.31. The topological polar surface area (TPSA) is 130 Å². The third-order valence-corrected chi connectivity index (χ3v) is 6.48. The number of aromatic nitrogens is 3. The van der Waals surface area contributed by atoms with E-state index in [1.165, 1.54) is 12.3 Å². The molecule has 12 heteroatoms. The van der Waals surface area contributed by atoms with Crippen LogP contribution in [0.5, 0.6) is 0 Å². The van der Waals surface area contributed by atoms with Crippen molar-refractivity contribution in [3.63, 3.8) is 0 Å². The molecule has 1 aliphatic heterocycles. The molecule has 1 aliphatic rings. The molecule has 0 bridgehead atoms. The lowest BCUT2D eigenvalue weighted by Gasteiger charge is -2.22. The minimum atomic E-state index is -0.790. The van der Waals surface area contributed by atoms with Crippen LogP contribution in [0.3, 0.4) is 0 Å². The number of thiazole rings is 1. The van der Waals surface area contributed by atoms with Crippen LogP contribution < -0.4 is 16.8 Å². The van der Waals surface area contributed by atoms with E-state index in [9.17, 15) is 13.6 Å². The zero-order chi connectivity index (χ0) is 23.7. The Morgan fingerprint density at radius 1 is 1.36 bits per heavy atom. The molecule has 2 aromatic heterocycles. The number of rotatable bonds is 5. The van der Waals surface area contributed by atoms with Gasteiger partial charge < -0.3 is 26.3 Å². The van der Waals surface area contributed by atoms with Crippen molar-refractivity contribution in [1.29, 1.82) is 0 Å². The Balaban J connectivity index is 1.60. The van der Waals surface area contributed by atoms with Crippen LogP contribution in [0.25, 0.3) is 10.6 Å². The van der Waals surface area contributed by atoms with Crippen molar-refractivity contribution in [2.75, 3.05) is 24.8 Å². The molecule has 1 amide bonds. The van der Waals surface area contributed by atoms with Crippen molar-refractivity contribution in [1.82, 2.24) is 14.8 Å². The number of anilines is 2. The summed E-state index contributed by atoms with van der Waals surface area (Å²) in [7, 11) is 3.33. The second-order valence-corrected chi connectivity index (χ2v) is 8.70. The normalized spacial score (nSPS) is 21.1. The summed E-state index contributed by atoms with van der Waals surface area (Å²) in [5.74, 6) is -2.21. The highest BCUT2D eigenvalue weighted by Gasteiger charge is 2.31. The fourth-order valence-corrected chi connectivity index (χ4v) is 4.74. The first kappa shape index (κ1) is 23.2. The molecule has 0 unspecified atom stereocenters. The Hall–Kier alpha value is -2.93. The number of hydrogen-bond donors (Lipinski definition) is 3. The smallest absolute Gasteiger partial charge is 0.277 e. The number of amides is 1. The number of aryl methyl sites for hydroxylation is 1. The van der Waals surface area contributed by atoms with Gasteiger partial charge in [-0.25, -0.2) is 13.8 Å². The number of hydrogen-bond acceptors (Lipinski definition) is 8. The molecule has 1 fully saturated rings. The zero-order valence-corrected chi connectivity index (χ0v) is 18.9. The maximum absolute atomic E-state index is 14.1. The zero-order valence-electron chi connectivity index (χ0n) is 18.0. The fraction of sp³-hybridized carbons (Fsp3) is 0.381. The summed E-state index contributed by atoms with van der Waals surface area (Å²) < 4.78 is 41.4. The van der Waals surface area contributed by atoms with Crippen LogP contribution in [0, 0.1) is 11.6 Å². The van der Waals surface area contributed by atoms with Crippen LogP contribution in [0.1, 0.15) is 35.1 Å². The monoisotopic (exact) mass is 478 g/mol. The Labute approximate surface area is 192 Å². The van der Waals surface area contributed by atoms with Gasteiger partial charge in [0.25, 0.3) is 5.91 Å². The Morgan fingerprint density at radius 3 is 2.79 bits per heavy atom. The predicted molar refractivity (Wildman–Crippen MR) is 120 cm³/mol. The summed E-state index contributed by atoms with van der Waals surface area (Å²) in [5, 5.41) is 7.00. The van der Waals surface area contributed by atoms with Gasteiger partial charge in [-0.2, -0.15) is 5.10 Å². The number of carbonyl (C=O) groups is 1. The molecule has 3 aromatic rings. The number of nitrogens with two attached hydrogens (primary N) is 2. The van der Waals surface area contributed by atoms with Crippen molar-refractivity contribution in [2.24, 2.45) is 12.8 Å². The second-order valence-electron chi connectivity index (χ2n) is 7.67. The Kier molecular flexibility index (Phi) is 6.70. The van der Waals surface area contributed by atoms with Crippen molar-refractivity contribution in [3.05, 3.63) is 47.4 Å². The standard InChI is InChI=1S/C21H24F2N6O3S/c1-29-18(15-8-14(31-2)12(24)6-7-32-15)13(9-26-29)27-20(30)17-19(25)33-21(28-17)16-10(22)4-3-5-11(16)23/h3-5,9,12,14-15H,6-8,24-25H2,1-2H3,(H,27,30)/t12-,14-,15+/m0/s1. The van der Waals surface area contributed by atoms with Crippen molar-refractivity contribution >= 4 is 27.9 Å².